The van der Waals surface area contributed by atoms with Gasteiger partial charge in [-0.1, -0.05) is 11.2 Å². The summed E-state index contributed by atoms with van der Waals surface area (Å²) in [5.41, 5.74) is 5.79. The summed E-state index contributed by atoms with van der Waals surface area (Å²) in [4.78, 5) is 58.7. The predicted octanol–water partition coefficient (Wildman–Crippen LogP) is -1.52. The van der Waals surface area contributed by atoms with Gasteiger partial charge in [0.15, 0.2) is 29.8 Å². The number of nitrogens with zero attached hydrogens (tertiary/aromatic N) is 4. The Labute approximate surface area is 217 Å². The molecule has 2 atom stereocenters. The number of carbonyl (C=O) groups is 4. The van der Waals surface area contributed by atoms with Gasteiger partial charge in [0, 0.05) is 34.9 Å². The Balaban J connectivity index is 1.50. The first-order chi connectivity index (χ1) is 17.8. The van der Waals surface area contributed by atoms with Crippen LogP contribution in [0.15, 0.2) is 64.6 Å². The zero-order valence-electron chi connectivity index (χ0n) is 19.0. The number of anilines is 1. The number of hydrogen-bond donors (Lipinski definition) is 3. The second-order valence-electron chi connectivity index (χ2n) is 7.70. The van der Waals surface area contributed by atoms with Crippen LogP contribution in [-0.2, 0) is 30.6 Å². The van der Waals surface area contributed by atoms with Gasteiger partial charge in [-0.2, -0.15) is 0 Å². The molecule has 4 rings (SSSR count). The quantitative estimate of drug-likeness (QED) is 0.0790. The van der Waals surface area contributed by atoms with Crippen molar-refractivity contribution in [3.05, 3.63) is 65.1 Å². The van der Waals surface area contributed by atoms with E-state index in [0.29, 0.717) is 11.3 Å². The fourth-order valence-corrected chi connectivity index (χ4v) is 5.54. The number of thiazole rings is 1. The maximum Gasteiger partial charge on any atom is 0.328 e. The molecule has 0 bridgehead atoms. The number of hydrogen-bond acceptors (Lipinski definition) is 11. The molecule has 2 aliphatic heterocycles. The fourth-order valence-electron chi connectivity index (χ4n) is 3.66. The number of nitrogens with two attached hydrogens (primary N) is 1. The number of fused-ring (bicyclic) bond motifs is 1. The molecule has 37 heavy (non-hydrogen) atoms. The summed E-state index contributed by atoms with van der Waals surface area (Å²) >= 11 is 2.37. The Bertz CT molecular complexity index is 1320. The number of rotatable bonds is 10. The largest absolute Gasteiger partial charge is 0.543 e. The summed E-state index contributed by atoms with van der Waals surface area (Å²) in [7, 11) is 0. The molecule has 4 N–H and O–H groups in total. The van der Waals surface area contributed by atoms with E-state index in [1.165, 1.54) is 23.2 Å². The van der Waals surface area contributed by atoms with E-state index in [0.717, 1.165) is 22.3 Å². The summed E-state index contributed by atoms with van der Waals surface area (Å²) in [5, 5.41) is 27.9. The molecule has 0 aromatic carbocycles. The molecule has 2 amide bonds. The number of carbonyl (C=O) groups excluding carboxylic acids is 3. The number of β-lactam (4-membered cyclic amide) rings is 1. The van der Waals surface area contributed by atoms with E-state index >= 15 is 0 Å². The molecule has 0 radical (unpaired) electrons. The Hall–Kier alpha value is -4.24. The molecular weight excluding hydrogens is 524 g/mol. The highest BCUT2D eigenvalue weighted by molar-refractivity contribution is 8.00. The standard InChI is InChI=1S/C22H20N6O7S2/c23-22-24-13(11-37-22)15(26-35-8-4-5-14(29)30)18(31)25-16-19(32)28-17(21(33)34)12(10-36-20(16)28)9-27-6-2-1-3-7-27/h1-7,11,16,20H,8-10H2,(H4-,23,24,25,29,30,31,33,34)/b5-4+,26-15+/t16?,20-/m1/s1. The molecule has 192 valence electrons. The lowest BCUT2D eigenvalue weighted by atomic mass is 10.0. The average Bonchev–Trinajstić information content (AvgIpc) is 3.30. The second kappa shape index (κ2) is 11.2. The average molecular weight is 545 g/mol. The van der Waals surface area contributed by atoms with Crippen LogP contribution in [0.1, 0.15) is 5.69 Å². The third-order valence-electron chi connectivity index (χ3n) is 5.24. The molecule has 15 heteroatoms. The molecule has 2 aliphatic rings. The third-order valence-corrected chi connectivity index (χ3v) is 7.26. The van der Waals surface area contributed by atoms with Gasteiger partial charge in [-0.15, -0.1) is 23.1 Å². The minimum atomic E-state index is -1.47. The molecule has 1 fully saturated rings. The van der Waals surface area contributed by atoms with Gasteiger partial charge in [-0.25, -0.2) is 14.3 Å². The fraction of sp³-hybridized carbons (Fsp3) is 0.227. The van der Waals surface area contributed by atoms with Crippen LogP contribution in [0.3, 0.4) is 0 Å². The van der Waals surface area contributed by atoms with E-state index < -0.39 is 35.2 Å². The van der Waals surface area contributed by atoms with Crippen molar-refractivity contribution in [2.24, 2.45) is 5.16 Å². The third kappa shape index (κ3) is 5.78. The first-order valence-corrected chi connectivity index (χ1v) is 12.6. The van der Waals surface area contributed by atoms with Gasteiger partial charge in [0.1, 0.15) is 23.7 Å². The minimum Gasteiger partial charge on any atom is -0.543 e. The maximum absolute atomic E-state index is 13.0. The zero-order chi connectivity index (χ0) is 26.5. The lowest BCUT2D eigenvalue weighted by Crippen LogP contribution is -2.71. The zero-order valence-corrected chi connectivity index (χ0v) is 20.6. The van der Waals surface area contributed by atoms with Gasteiger partial charge in [-0.3, -0.25) is 14.5 Å². The highest BCUT2D eigenvalue weighted by atomic mass is 32.2. The van der Waals surface area contributed by atoms with E-state index in [-0.39, 0.29) is 35.4 Å². The molecule has 1 saturated heterocycles. The molecule has 4 heterocycles. The van der Waals surface area contributed by atoms with Crippen LogP contribution < -0.4 is 20.7 Å². The van der Waals surface area contributed by atoms with Crippen molar-refractivity contribution in [3.63, 3.8) is 0 Å². The number of pyridine rings is 1. The van der Waals surface area contributed by atoms with Gasteiger partial charge in [-0.05, 0) is 6.08 Å². The number of nitrogen functional groups attached to an aromatic ring is 1. The molecule has 13 nitrogen and oxygen atoms in total. The lowest BCUT2D eigenvalue weighted by molar-refractivity contribution is -0.689. The number of carboxylic acids is 2. The first kappa shape index (κ1) is 25.8. The van der Waals surface area contributed by atoms with Crippen LogP contribution in [0.25, 0.3) is 0 Å². The van der Waals surface area contributed by atoms with Gasteiger partial charge < -0.3 is 30.9 Å². The number of oxime groups is 1. The van der Waals surface area contributed by atoms with Crippen molar-refractivity contribution in [1.82, 2.24) is 15.2 Å². The van der Waals surface area contributed by atoms with Gasteiger partial charge in [0.05, 0.1) is 11.7 Å². The molecule has 0 saturated carbocycles. The van der Waals surface area contributed by atoms with Gasteiger partial charge >= 0.3 is 5.97 Å². The Morgan fingerprint density at radius 3 is 2.76 bits per heavy atom. The molecule has 2 aromatic rings. The minimum absolute atomic E-state index is 0.0969. The van der Waals surface area contributed by atoms with E-state index in [9.17, 15) is 24.3 Å². The Kier molecular flexibility index (Phi) is 7.83. The Morgan fingerprint density at radius 2 is 2.11 bits per heavy atom. The molecule has 2 aromatic heterocycles. The molecule has 0 aliphatic carbocycles. The van der Waals surface area contributed by atoms with Crippen molar-refractivity contribution >= 4 is 57.7 Å². The normalized spacial score (nSPS) is 19.4. The number of carboxylic acid groups (broad SMARTS) is 2. The van der Waals surface area contributed by atoms with Crippen molar-refractivity contribution in [1.29, 1.82) is 0 Å². The van der Waals surface area contributed by atoms with E-state index in [2.05, 4.69) is 15.5 Å². The monoisotopic (exact) mass is 544 g/mol. The van der Waals surface area contributed by atoms with Crippen molar-refractivity contribution in [3.8, 4) is 0 Å². The highest BCUT2D eigenvalue weighted by Crippen LogP contribution is 2.40. The molecule has 0 spiro atoms. The number of aliphatic carboxylic acids is 2. The van der Waals surface area contributed by atoms with Gasteiger partial charge in [0.25, 0.3) is 11.8 Å². The smallest absolute Gasteiger partial charge is 0.328 e. The summed E-state index contributed by atoms with van der Waals surface area (Å²) in [6.07, 6.45) is 5.60. The summed E-state index contributed by atoms with van der Waals surface area (Å²) < 4.78 is 1.79. The van der Waals surface area contributed by atoms with Crippen LogP contribution in [0.5, 0.6) is 0 Å². The van der Waals surface area contributed by atoms with E-state index in [1.807, 2.05) is 6.07 Å². The number of aromatic nitrogens is 2. The van der Waals surface area contributed by atoms with Crippen molar-refractivity contribution < 1.29 is 38.8 Å². The summed E-state index contributed by atoms with van der Waals surface area (Å²) in [6.45, 7) is 0.0275. The number of amides is 2. The van der Waals surface area contributed by atoms with Crippen LogP contribution in [0.4, 0.5) is 5.13 Å². The van der Waals surface area contributed by atoms with E-state index in [4.69, 9.17) is 15.7 Å². The Morgan fingerprint density at radius 1 is 1.35 bits per heavy atom. The molecule has 1 unspecified atom stereocenters. The van der Waals surface area contributed by atoms with Gasteiger partial charge in [0.2, 0.25) is 0 Å². The SMILES string of the molecule is Nc1nc(/C(=N\OC/C=C/C(=O)O)C(=O)NC2C(=O)N3C(C(=O)[O-])=C(C[n+]4ccccc4)CS[C@H]23)cs1. The highest BCUT2D eigenvalue weighted by Gasteiger charge is 2.53. The van der Waals surface area contributed by atoms with Crippen molar-refractivity contribution in [2.75, 3.05) is 18.1 Å². The van der Waals surface area contributed by atoms with Crippen LogP contribution in [0, 0.1) is 0 Å². The number of thioether (sulfide) groups is 1. The first-order valence-electron chi connectivity index (χ1n) is 10.7. The van der Waals surface area contributed by atoms with E-state index in [1.54, 1.807) is 29.1 Å². The van der Waals surface area contributed by atoms with Crippen LogP contribution in [0.2, 0.25) is 0 Å². The predicted molar refractivity (Wildman–Crippen MR) is 129 cm³/mol. The van der Waals surface area contributed by atoms with Crippen molar-refractivity contribution in [2.45, 2.75) is 18.0 Å². The second-order valence-corrected chi connectivity index (χ2v) is 9.69. The number of nitrogens with one attached hydrogen (secondary N) is 1. The maximum atomic E-state index is 13.0. The summed E-state index contributed by atoms with van der Waals surface area (Å²) in [5.74, 6) is -3.74. The lowest BCUT2D eigenvalue weighted by Gasteiger charge is -2.50. The van der Waals surface area contributed by atoms with Crippen LogP contribution in [-0.4, -0.2) is 68.2 Å². The summed E-state index contributed by atoms with van der Waals surface area (Å²) in [6, 6.07) is 4.42. The topological polar surface area (TPSA) is 191 Å². The van der Waals surface area contributed by atoms with Crippen LogP contribution >= 0.6 is 23.1 Å². The molecular formula is C22H20N6O7S2.